The molecule has 1 N–H and O–H groups in total. The molecule has 0 radical (unpaired) electrons. The second kappa shape index (κ2) is 8.08. The van der Waals surface area contributed by atoms with Gasteiger partial charge in [-0.25, -0.2) is 0 Å². The minimum atomic E-state index is 0.190. The lowest BCUT2D eigenvalue weighted by Gasteiger charge is -2.20. The van der Waals surface area contributed by atoms with Gasteiger partial charge in [0.25, 0.3) is 0 Å². The third kappa shape index (κ3) is 4.15. The standard InChI is InChI=1S/C15H22ClNO2/c1-5-7-13(17-8-6-2)11-9-12(16)15(19-4)14(10-11)18-3/h5,9-10,13,17H,1,6-8H2,2-4H3. The second-order valence-electron chi connectivity index (χ2n) is 4.27. The maximum Gasteiger partial charge on any atom is 0.179 e. The van der Waals surface area contributed by atoms with Crippen molar-refractivity contribution in [1.29, 1.82) is 0 Å². The van der Waals surface area contributed by atoms with Crippen LogP contribution in [-0.2, 0) is 0 Å². The molecule has 106 valence electrons. The van der Waals surface area contributed by atoms with Crippen molar-refractivity contribution in [1.82, 2.24) is 5.32 Å². The van der Waals surface area contributed by atoms with Crippen LogP contribution in [0.1, 0.15) is 31.4 Å². The first-order valence-corrected chi connectivity index (χ1v) is 6.81. The van der Waals surface area contributed by atoms with Crippen molar-refractivity contribution in [2.24, 2.45) is 0 Å². The third-order valence-electron chi connectivity index (χ3n) is 2.90. The van der Waals surface area contributed by atoms with Gasteiger partial charge in [-0.15, -0.1) is 6.58 Å². The Morgan fingerprint density at radius 2 is 2.11 bits per heavy atom. The number of benzene rings is 1. The van der Waals surface area contributed by atoms with Crippen molar-refractivity contribution in [3.05, 3.63) is 35.4 Å². The Balaban J connectivity index is 3.08. The maximum atomic E-state index is 6.23. The summed E-state index contributed by atoms with van der Waals surface area (Å²) in [5.74, 6) is 1.22. The molecule has 0 aliphatic heterocycles. The van der Waals surface area contributed by atoms with Crippen LogP contribution in [0.3, 0.4) is 0 Å². The predicted octanol–water partition coefficient (Wildman–Crippen LogP) is 3.97. The average molecular weight is 284 g/mol. The highest BCUT2D eigenvalue weighted by atomic mass is 35.5. The van der Waals surface area contributed by atoms with Gasteiger partial charge in [0.1, 0.15) is 0 Å². The van der Waals surface area contributed by atoms with Crippen molar-refractivity contribution in [3.63, 3.8) is 0 Å². The lowest BCUT2D eigenvalue weighted by molar-refractivity contribution is 0.354. The molecular weight excluding hydrogens is 262 g/mol. The third-order valence-corrected chi connectivity index (χ3v) is 3.18. The van der Waals surface area contributed by atoms with Crippen molar-refractivity contribution >= 4 is 11.6 Å². The minimum absolute atomic E-state index is 0.190. The Bertz CT molecular complexity index is 421. The molecule has 0 bridgehead atoms. The van der Waals surface area contributed by atoms with Crippen LogP contribution in [0.25, 0.3) is 0 Å². The highest BCUT2D eigenvalue weighted by molar-refractivity contribution is 6.32. The van der Waals surface area contributed by atoms with Gasteiger partial charge in [0.05, 0.1) is 19.2 Å². The second-order valence-corrected chi connectivity index (χ2v) is 4.68. The molecule has 0 amide bonds. The smallest absolute Gasteiger partial charge is 0.179 e. The van der Waals surface area contributed by atoms with Gasteiger partial charge in [0.15, 0.2) is 11.5 Å². The normalized spacial score (nSPS) is 12.0. The fraction of sp³-hybridized carbons (Fsp3) is 0.467. The summed E-state index contributed by atoms with van der Waals surface area (Å²) in [7, 11) is 3.19. The molecule has 1 aromatic carbocycles. The van der Waals surface area contributed by atoms with Gasteiger partial charge in [-0.2, -0.15) is 0 Å². The van der Waals surface area contributed by atoms with Gasteiger partial charge in [-0.3, -0.25) is 0 Å². The van der Waals surface area contributed by atoms with E-state index in [1.165, 1.54) is 0 Å². The first-order valence-electron chi connectivity index (χ1n) is 6.43. The van der Waals surface area contributed by atoms with Gasteiger partial charge in [0.2, 0.25) is 0 Å². The molecule has 1 atom stereocenters. The molecule has 3 nitrogen and oxygen atoms in total. The first kappa shape index (κ1) is 15.9. The maximum absolute atomic E-state index is 6.23. The molecule has 0 saturated carbocycles. The Morgan fingerprint density at radius 1 is 1.37 bits per heavy atom. The molecule has 1 unspecified atom stereocenters. The van der Waals surface area contributed by atoms with Crippen LogP contribution in [0.4, 0.5) is 0 Å². The summed E-state index contributed by atoms with van der Waals surface area (Å²) >= 11 is 6.23. The van der Waals surface area contributed by atoms with E-state index >= 15 is 0 Å². The number of ether oxygens (including phenoxy) is 2. The van der Waals surface area contributed by atoms with Gasteiger partial charge < -0.3 is 14.8 Å². The molecule has 0 spiro atoms. The van der Waals surface area contributed by atoms with E-state index in [1.807, 2.05) is 18.2 Å². The van der Waals surface area contributed by atoms with E-state index in [0.717, 1.165) is 24.9 Å². The number of nitrogens with one attached hydrogen (secondary N) is 1. The van der Waals surface area contributed by atoms with Crippen molar-refractivity contribution in [3.8, 4) is 11.5 Å². The Kier molecular flexibility index (Phi) is 6.74. The fourth-order valence-electron chi connectivity index (χ4n) is 1.96. The highest BCUT2D eigenvalue weighted by Gasteiger charge is 2.16. The molecule has 1 rings (SSSR count). The highest BCUT2D eigenvalue weighted by Crippen LogP contribution is 2.38. The number of methoxy groups -OCH3 is 2. The molecule has 0 aliphatic carbocycles. The SMILES string of the molecule is C=CCC(NCCC)c1cc(Cl)c(OC)c(OC)c1. The largest absolute Gasteiger partial charge is 0.493 e. The summed E-state index contributed by atoms with van der Waals surface area (Å²) in [6, 6.07) is 4.07. The number of halogens is 1. The number of hydrogen-bond acceptors (Lipinski definition) is 3. The molecule has 19 heavy (non-hydrogen) atoms. The lowest BCUT2D eigenvalue weighted by Crippen LogP contribution is -2.21. The summed E-state index contributed by atoms with van der Waals surface area (Å²) in [4.78, 5) is 0. The first-order chi connectivity index (χ1) is 9.17. The minimum Gasteiger partial charge on any atom is -0.493 e. The van der Waals surface area contributed by atoms with Crippen LogP contribution in [0.2, 0.25) is 5.02 Å². The Morgan fingerprint density at radius 3 is 2.63 bits per heavy atom. The Labute approximate surface area is 120 Å². The number of rotatable bonds is 8. The van der Waals surface area contributed by atoms with Gasteiger partial charge in [-0.1, -0.05) is 24.6 Å². The van der Waals surface area contributed by atoms with Gasteiger partial charge >= 0.3 is 0 Å². The van der Waals surface area contributed by atoms with E-state index in [4.69, 9.17) is 21.1 Å². The molecule has 4 heteroatoms. The summed E-state index contributed by atoms with van der Waals surface area (Å²) in [5, 5.41) is 4.04. The molecular formula is C15H22ClNO2. The molecule has 0 saturated heterocycles. The zero-order valence-electron chi connectivity index (χ0n) is 11.8. The van der Waals surface area contributed by atoms with E-state index in [0.29, 0.717) is 16.5 Å². The molecule has 0 heterocycles. The topological polar surface area (TPSA) is 30.5 Å². The average Bonchev–Trinajstić information content (AvgIpc) is 2.42. The van der Waals surface area contributed by atoms with Crippen LogP contribution in [0.5, 0.6) is 11.5 Å². The van der Waals surface area contributed by atoms with Gasteiger partial charge in [-0.05, 0) is 37.1 Å². The van der Waals surface area contributed by atoms with Crippen molar-refractivity contribution in [2.45, 2.75) is 25.8 Å². The summed E-state index contributed by atoms with van der Waals surface area (Å²) in [6.07, 6.45) is 3.82. The van der Waals surface area contributed by atoms with Gasteiger partial charge in [0, 0.05) is 6.04 Å². The number of hydrogen-bond donors (Lipinski definition) is 1. The zero-order valence-corrected chi connectivity index (χ0v) is 12.6. The summed E-state index contributed by atoms with van der Waals surface area (Å²) < 4.78 is 10.6. The monoisotopic (exact) mass is 283 g/mol. The Hall–Kier alpha value is -1.19. The molecule has 0 aromatic heterocycles. The van der Waals surface area contributed by atoms with Crippen LogP contribution in [-0.4, -0.2) is 20.8 Å². The fourth-order valence-corrected chi connectivity index (χ4v) is 2.26. The van der Waals surface area contributed by atoms with E-state index in [2.05, 4.69) is 18.8 Å². The quantitative estimate of drug-likeness (QED) is 0.732. The molecule has 0 aliphatic rings. The summed E-state index contributed by atoms with van der Waals surface area (Å²) in [5.41, 5.74) is 1.08. The summed E-state index contributed by atoms with van der Waals surface area (Å²) in [6.45, 7) is 6.89. The van der Waals surface area contributed by atoms with Crippen molar-refractivity contribution in [2.75, 3.05) is 20.8 Å². The molecule has 0 fully saturated rings. The predicted molar refractivity (Wildman–Crippen MR) is 80.4 cm³/mol. The molecule has 1 aromatic rings. The van der Waals surface area contributed by atoms with E-state index in [1.54, 1.807) is 14.2 Å². The van der Waals surface area contributed by atoms with E-state index < -0.39 is 0 Å². The zero-order chi connectivity index (χ0) is 14.3. The van der Waals surface area contributed by atoms with Crippen LogP contribution < -0.4 is 14.8 Å². The lowest BCUT2D eigenvalue weighted by atomic mass is 10.0. The van der Waals surface area contributed by atoms with Crippen molar-refractivity contribution < 1.29 is 9.47 Å². The van der Waals surface area contributed by atoms with Crippen LogP contribution in [0.15, 0.2) is 24.8 Å². The van der Waals surface area contributed by atoms with E-state index in [9.17, 15) is 0 Å². The van der Waals surface area contributed by atoms with E-state index in [-0.39, 0.29) is 6.04 Å². The van der Waals surface area contributed by atoms with Crippen LogP contribution in [0, 0.1) is 0 Å². The van der Waals surface area contributed by atoms with Crippen LogP contribution >= 0.6 is 11.6 Å².